The summed E-state index contributed by atoms with van der Waals surface area (Å²) in [7, 11) is 0. The highest BCUT2D eigenvalue weighted by Gasteiger charge is 2.42. The highest BCUT2D eigenvalue weighted by molar-refractivity contribution is 5.95. The maximum atomic E-state index is 13.9. The van der Waals surface area contributed by atoms with Crippen LogP contribution in [0.1, 0.15) is 23.2 Å². The fraction of sp³-hybridized carbons (Fsp3) is 0.429. The van der Waals surface area contributed by atoms with Crippen molar-refractivity contribution in [2.75, 3.05) is 0 Å². The van der Waals surface area contributed by atoms with Gasteiger partial charge in [-0.2, -0.15) is 0 Å². The van der Waals surface area contributed by atoms with Crippen molar-refractivity contribution in [2.45, 2.75) is 37.4 Å². The number of carbonyl (C=O) groups is 2. The summed E-state index contributed by atoms with van der Waals surface area (Å²) in [6, 6.07) is 1.61. The minimum absolute atomic E-state index is 0.131. The van der Waals surface area contributed by atoms with E-state index in [1.165, 1.54) is 0 Å². The molecule has 24 heavy (non-hydrogen) atoms. The second kappa shape index (κ2) is 5.84. The van der Waals surface area contributed by atoms with Crippen LogP contribution in [-0.2, 0) is 4.74 Å². The molecule has 2 aliphatic rings. The molecule has 2 N–H and O–H groups in total. The minimum atomic E-state index is -4.95. The van der Waals surface area contributed by atoms with Crippen LogP contribution in [0.4, 0.5) is 22.4 Å². The van der Waals surface area contributed by atoms with E-state index in [-0.39, 0.29) is 6.04 Å². The average Bonchev–Trinajstić information content (AvgIpc) is 2.71. The van der Waals surface area contributed by atoms with Crippen molar-refractivity contribution in [1.29, 1.82) is 0 Å². The Labute approximate surface area is 133 Å². The number of rotatable bonds is 3. The van der Waals surface area contributed by atoms with E-state index in [1.54, 1.807) is 0 Å². The summed E-state index contributed by atoms with van der Waals surface area (Å²) in [4.78, 5) is 23.3. The molecule has 130 valence electrons. The lowest BCUT2D eigenvalue weighted by atomic mass is 10.1. The van der Waals surface area contributed by atoms with E-state index in [1.807, 2.05) is 0 Å². The molecule has 10 heteroatoms. The molecule has 1 aliphatic carbocycles. The third-order valence-electron chi connectivity index (χ3n) is 3.82. The van der Waals surface area contributed by atoms with Gasteiger partial charge < -0.3 is 20.1 Å². The fourth-order valence-electron chi connectivity index (χ4n) is 2.86. The number of alkyl carbamates (subject to hydrolysis) is 1. The number of ether oxygens (including phenoxy) is 2. The summed E-state index contributed by atoms with van der Waals surface area (Å²) in [6.45, 7) is 0. The maximum Gasteiger partial charge on any atom is 0.573 e. The Hall–Kier alpha value is -2.52. The van der Waals surface area contributed by atoms with Crippen LogP contribution in [0.15, 0.2) is 18.2 Å². The van der Waals surface area contributed by atoms with Gasteiger partial charge in [0.15, 0.2) is 0 Å². The second-order valence-electron chi connectivity index (χ2n) is 5.53. The standard InChI is InChI=1S/C14H12F4N2O4/c15-9-5-7(24-14(16,17)18)1-2-8(9)12(21)20-10-3-6-4-11(10)23-13(22)19-6/h1-2,5-6,10-11H,3-4H2,(H,19,22)(H,20,21)/t6-,10-,11-/m1/s1. The van der Waals surface area contributed by atoms with Gasteiger partial charge >= 0.3 is 12.5 Å². The average molecular weight is 348 g/mol. The van der Waals surface area contributed by atoms with Crippen LogP contribution >= 0.6 is 0 Å². The second-order valence-corrected chi connectivity index (χ2v) is 5.53. The van der Waals surface area contributed by atoms with Crippen LogP contribution in [0.3, 0.4) is 0 Å². The molecule has 6 nitrogen and oxygen atoms in total. The topological polar surface area (TPSA) is 76.7 Å². The lowest BCUT2D eigenvalue weighted by Crippen LogP contribution is -2.44. The lowest BCUT2D eigenvalue weighted by Gasteiger charge is -2.23. The SMILES string of the molecule is O=C1N[C@@H]2C[C@@H](NC(=O)c3ccc(OC(F)(F)F)cc3F)[C@@H](C2)O1. The monoisotopic (exact) mass is 348 g/mol. The third-order valence-corrected chi connectivity index (χ3v) is 3.82. The molecule has 1 saturated heterocycles. The van der Waals surface area contributed by atoms with Crippen molar-refractivity contribution < 1.29 is 36.6 Å². The lowest BCUT2D eigenvalue weighted by molar-refractivity contribution is -0.274. The van der Waals surface area contributed by atoms with Gasteiger partial charge in [0.1, 0.15) is 17.7 Å². The number of benzene rings is 1. The molecule has 2 fully saturated rings. The zero-order chi connectivity index (χ0) is 17.5. The molecule has 0 radical (unpaired) electrons. The number of amides is 2. The highest BCUT2D eigenvalue weighted by atomic mass is 19.4. The van der Waals surface area contributed by atoms with Crippen molar-refractivity contribution in [3.63, 3.8) is 0 Å². The molecule has 0 unspecified atom stereocenters. The molecule has 2 amide bonds. The molecule has 1 aromatic rings. The van der Waals surface area contributed by atoms with E-state index in [4.69, 9.17) is 4.74 Å². The van der Waals surface area contributed by atoms with E-state index >= 15 is 0 Å². The molecular formula is C14H12F4N2O4. The van der Waals surface area contributed by atoms with Gasteiger partial charge in [0.25, 0.3) is 5.91 Å². The van der Waals surface area contributed by atoms with Crippen LogP contribution in [-0.4, -0.2) is 36.6 Å². The van der Waals surface area contributed by atoms with Gasteiger partial charge in [-0.05, 0) is 18.6 Å². The number of carbonyl (C=O) groups excluding carboxylic acids is 2. The first-order chi connectivity index (χ1) is 11.2. The largest absolute Gasteiger partial charge is 0.573 e. The molecule has 2 bridgehead atoms. The van der Waals surface area contributed by atoms with E-state index in [0.29, 0.717) is 18.9 Å². The van der Waals surface area contributed by atoms with Crippen molar-refractivity contribution in [3.8, 4) is 5.75 Å². The smallest absolute Gasteiger partial charge is 0.444 e. The number of nitrogens with one attached hydrogen (secondary N) is 2. The van der Waals surface area contributed by atoms with E-state index < -0.39 is 47.6 Å². The van der Waals surface area contributed by atoms with E-state index in [0.717, 1.165) is 12.1 Å². The van der Waals surface area contributed by atoms with Crippen LogP contribution in [0.25, 0.3) is 0 Å². The van der Waals surface area contributed by atoms with Crippen molar-refractivity contribution in [2.24, 2.45) is 0 Å². The normalized spacial score (nSPS) is 25.7. The summed E-state index contributed by atoms with van der Waals surface area (Å²) >= 11 is 0. The Bertz CT molecular complexity index is 679. The highest BCUT2D eigenvalue weighted by Crippen LogP contribution is 2.28. The zero-order valence-corrected chi connectivity index (χ0v) is 12.0. The molecule has 1 aliphatic heterocycles. The Morgan fingerprint density at radius 1 is 1.33 bits per heavy atom. The van der Waals surface area contributed by atoms with Crippen LogP contribution in [0, 0.1) is 5.82 Å². The molecule has 1 saturated carbocycles. The van der Waals surface area contributed by atoms with E-state index in [9.17, 15) is 27.2 Å². The molecular weight excluding hydrogens is 336 g/mol. The molecule has 1 aromatic carbocycles. The number of fused-ring (bicyclic) bond motifs is 2. The van der Waals surface area contributed by atoms with Gasteiger partial charge in [0.2, 0.25) is 0 Å². The summed E-state index contributed by atoms with van der Waals surface area (Å²) < 4.78 is 58.7. The van der Waals surface area contributed by atoms with Gasteiger partial charge in [-0.3, -0.25) is 4.79 Å². The van der Waals surface area contributed by atoms with Crippen LogP contribution < -0.4 is 15.4 Å². The quantitative estimate of drug-likeness (QED) is 0.820. The van der Waals surface area contributed by atoms with E-state index in [2.05, 4.69) is 15.4 Å². The summed E-state index contributed by atoms with van der Waals surface area (Å²) in [5.41, 5.74) is -0.426. The van der Waals surface area contributed by atoms with Gasteiger partial charge in [-0.25, -0.2) is 9.18 Å². The van der Waals surface area contributed by atoms with Crippen molar-refractivity contribution in [3.05, 3.63) is 29.6 Å². The fourth-order valence-corrected chi connectivity index (χ4v) is 2.86. The summed E-state index contributed by atoms with van der Waals surface area (Å²) in [5.74, 6) is -2.71. The Morgan fingerprint density at radius 3 is 2.75 bits per heavy atom. The third kappa shape index (κ3) is 3.52. The van der Waals surface area contributed by atoms with Crippen LogP contribution in [0.2, 0.25) is 0 Å². The molecule has 1 heterocycles. The van der Waals surface area contributed by atoms with Crippen LogP contribution in [0.5, 0.6) is 5.75 Å². The predicted octanol–water partition coefficient (Wildman–Crippen LogP) is 2.09. The number of alkyl halides is 3. The number of halogens is 4. The Balaban J connectivity index is 1.68. The van der Waals surface area contributed by atoms with Gasteiger partial charge in [0, 0.05) is 18.5 Å². The maximum absolute atomic E-state index is 13.9. The van der Waals surface area contributed by atoms with Gasteiger partial charge in [-0.1, -0.05) is 0 Å². The Kier molecular flexibility index (Phi) is 3.98. The van der Waals surface area contributed by atoms with Crippen molar-refractivity contribution in [1.82, 2.24) is 10.6 Å². The summed E-state index contributed by atoms with van der Waals surface area (Å²) in [5, 5.41) is 5.12. The first-order valence-electron chi connectivity index (χ1n) is 7.04. The molecule has 3 rings (SSSR count). The molecule has 0 aromatic heterocycles. The van der Waals surface area contributed by atoms with Gasteiger partial charge in [0.05, 0.1) is 11.6 Å². The van der Waals surface area contributed by atoms with Crippen molar-refractivity contribution >= 4 is 12.0 Å². The first kappa shape index (κ1) is 16.3. The number of hydrogen-bond donors (Lipinski definition) is 2. The number of hydrogen-bond acceptors (Lipinski definition) is 4. The summed E-state index contributed by atoms with van der Waals surface area (Å²) in [6.07, 6.45) is -5.08. The predicted molar refractivity (Wildman–Crippen MR) is 70.8 cm³/mol. The zero-order valence-electron chi connectivity index (χ0n) is 12.0. The molecule has 0 spiro atoms. The van der Waals surface area contributed by atoms with Gasteiger partial charge in [-0.15, -0.1) is 13.2 Å². The molecule has 3 atom stereocenters. The Morgan fingerprint density at radius 2 is 2.08 bits per heavy atom. The first-order valence-corrected chi connectivity index (χ1v) is 7.04. The minimum Gasteiger partial charge on any atom is -0.444 e.